The van der Waals surface area contributed by atoms with Gasteiger partial charge in [-0.15, -0.1) is 0 Å². The molecule has 29 heavy (non-hydrogen) atoms. The summed E-state index contributed by atoms with van der Waals surface area (Å²) in [5.74, 6) is -0.743. The van der Waals surface area contributed by atoms with Crippen LogP contribution in [0, 0.1) is 5.82 Å². The molecule has 146 valence electrons. The smallest absolute Gasteiger partial charge is 0.270 e. The van der Waals surface area contributed by atoms with Crippen molar-refractivity contribution < 1.29 is 13.9 Å². The predicted octanol–water partition coefficient (Wildman–Crippen LogP) is 3.58. The van der Waals surface area contributed by atoms with Crippen molar-refractivity contribution in [2.24, 2.45) is 0 Å². The van der Waals surface area contributed by atoms with Gasteiger partial charge in [0.1, 0.15) is 11.5 Å². The van der Waals surface area contributed by atoms with Crippen molar-refractivity contribution in [3.05, 3.63) is 78.2 Å². The topological polar surface area (TPSA) is 68.5 Å². The molecule has 0 saturated carbocycles. The van der Waals surface area contributed by atoms with Crippen LogP contribution in [-0.4, -0.2) is 40.8 Å². The van der Waals surface area contributed by atoms with Gasteiger partial charge in [-0.2, -0.15) is 5.10 Å². The second kappa shape index (κ2) is 8.20. The Morgan fingerprint density at radius 3 is 2.59 bits per heavy atom. The molecule has 2 aromatic heterocycles. The van der Waals surface area contributed by atoms with Gasteiger partial charge in [-0.25, -0.2) is 13.9 Å². The number of nitrogens with zero attached hydrogens (tertiary/aromatic N) is 3. The van der Waals surface area contributed by atoms with Crippen molar-refractivity contribution in [1.29, 1.82) is 0 Å². The quantitative estimate of drug-likeness (QED) is 0.511. The van der Waals surface area contributed by atoms with Crippen LogP contribution in [0.3, 0.4) is 0 Å². The lowest BCUT2D eigenvalue weighted by Crippen LogP contribution is -2.29. The monoisotopic (exact) mass is 390 g/mol. The summed E-state index contributed by atoms with van der Waals surface area (Å²) < 4.78 is 20.8. The van der Waals surface area contributed by atoms with E-state index in [1.807, 2.05) is 30.3 Å². The molecule has 4 rings (SSSR count). The zero-order chi connectivity index (χ0) is 20.2. The first-order valence-corrected chi connectivity index (χ1v) is 9.15. The van der Waals surface area contributed by atoms with Gasteiger partial charge < -0.3 is 10.1 Å². The molecule has 0 spiro atoms. The van der Waals surface area contributed by atoms with Crippen LogP contribution in [0.1, 0.15) is 10.5 Å². The average Bonchev–Trinajstić information content (AvgIpc) is 3.18. The first kappa shape index (κ1) is 18.8. The predicted molar refractivity (Wildman–Crippen MR) is 108 cm³/mol. The third-order valence-corrected chi connectivity index (χ3v) is 4.47. The van der Waals surface area contributed by atoms with E-state index >= 15 is 0 Å². The first-order chi connectivity index (χ1) is 14.2. The van der Waals surface area contributed by atoms with E-state index < -0.39 is 5.82 Å². The standard InChI is InChI=1S/C22H19FN4O2/c1-29-12-11-24-22(28)20-13-19(16-9-5-6-10-17(16)23)25-21-14-18(26-27(20)21)15-7-3-2-4-8-15/h2-10,13-14H,11-12H2,1H3,(H,24,28). The lowest BCUT2D eigenvalue weighted by atomic mass is 10.1. The molecule has 2 aromatic carbocycles. The minimum absolute atomic E-state index is 0.270. The second-order valence-corrected chi connectivity index (χ2v) is 6.42. The number of halogens is 1. The maximum Gasteiger partial charge on any atom is 0.270 e. The van der Waals surface area contributed by atoms with Crippen LogP contribution in [0.5, 0.6) is 0 Å². The van der Waals surface area contributed by atoms with E-state index in [2.05, 4.69) is 15.4 Å². The Balaban J connectivity index is 1.86. The number of fused-ring (bicyclic) bond motifs is 1. The van der Waals surface area contributed by atoms with Gasteiger partial charge in [-0.3, -0.25) is 4.79 Å². The molecule has 1 amide bonds. The molecule has 6 nitrogen and oxygen atoms in total. The third kappa shape index (κ3) is 3.86. The van der Waals surface area contributed by atoms with Crippen LogP contribution >= 0.6 is 0 Å². The summed E-state index contributed by atoms with van der Waals surface area (Å²) >= 11 is 0. The number of methoxy groups -OCH3 is 1. The molecule has 0 unspecified atom stereocenters. The van der Waals surface area contributed by atoms with E-state index in [9.17, 15) is 9.18 Å². The molecule has 0 aliphatic rings. The van der Waals surface area contributed by atoms with E-state index in [4.69, 9.17) is 4.74 Å². The number of carbonyl (C=O) groups excluding carboxylic acids is 1. The average molecular weight is 390 g/mol. The summed E-state index contributed by atoms with van der Waals surface area (Å²) in [6, 6.07) is 19.3. The Hall–Kier alpha value is -3.58. The number of ether oxygens (including phenoxy) is 1. The Bertz CT molecular complexity index is 1160. The number of nitrogens with one attached hydrogen (secondary N) is 1. The lowest BCUT2D eigenvalue weighted by molar-refractivity contribution is 0.0929. The highest BCUT2D eigenvalue weighted by molar-refractivity contribution is 5.94. The minimum Gasteiger partial charge on any atom is -0.383 e. The molecule has 1 N–H and O–H groups in total. The zero-order valence-electron chi connectivity index (χ0n) is 15.8. The lowest BCUT2D eigenvalue weighted by Gasteiger charge is -2.09. The minimum atomic E-state index is -0.405. The van der Waals surface area contributed by atoms with Crippen molar-refractivity contribution >= 4 is 11.6 Å². The van der Waals surface area contributed by atoms with Gasteiger partial charge in [-0.1, -0.05) is 42.5 Å². The van der Waals surface area contributed by atoms with Crippen LogP contribution in [0.4, 0.5) is 4.39 Å². The normalized spacial score (nSPS) is 11.0. The summed E-state index contributed by atoms with van der Waals surface area (Å²) in [6.45, 7) is 0.732. The SMILES string of the molecule is COCCNC(=O)c1cc(-c2ccccc2F)nc2cc(-c3ccccc3)nn12. The van der Waals surface area contributed by atoms with Crippen molar-refractivity contribution in [3.63, 3.8) is 0 Å². The Labute approximate surface area is 167 Å². The molecule has 7 heteroatoms. The fraction of sp³-hybridized carbons (Fsp3) is 0.136. The van der Waals surface area contributed by atoms with Gasteiger partial charge >= 0.3 is 0 Å². The molecule has 0 saturated heterocycles. The fourth-order valence-corrected chi connectivity index (χ4v) is 3.05. The van der Waals surface area contributed by atoms with Crippen LogP contribution in [0.2, 0.25) is 0 Å². The number of hydrogen-bond donors (Lipinski definition) is 1. The summed E-state index contributed by atoms with van der Waals surface area (Å²) in [5, 5.41) is 7.35. The molecule has 2 heterocycles. The molecule has 0 aliphatic heterocycles. The Morgan fingerprint density at radius 2 is 1.83 bits per heavy atom. The number of benzene rings is 2. The molecule has 4 aromatic rings. The zero-order valence-corrected chi connectivity index (χ0v) is 15.8. The van der Waals surface area contributed by atoms with Gasteiger partial charge in [0.25, 0.3) is 5.91 Å². The Kier molecular flexibility index (Phi) is 5.31. The highest BCUT2D eigenvalue weighted by Gasteiger charge is 2.18. The van der Waals surface area contributed by atoms with E-state index in [1.54, 1.807) is 37.4 Å². The van der Waals surface area contributed by atoms with E-state index in [-0.39, 0.29) is 11.6 Å². The van der Waals surface area contributed by atoms with Crippen molar-refractivity contribution in [2.75, 3.05) is 20.3 Å². The van der Waals surface area contributed by atoms with Gasteiger partial charge in [0.15, 0.2) is 5.65 Å². The first-order valence-electron chi connectivity index (χ1n) is 9.15. The number of rotatable bonds is 6. The van der Waals surface area contributed by atoms with Gasteiger partial charge in [0, 0.05) is 30.8 Å². The number of carbonyl (C=O) groups is 1. The summed E-state index contributed by atoms with van der Waals surface area (Å²) in [6.07, 6.45) is 0. The molecule has 0 bridgehead atoms. The van der Waals surface area contributed by atoms with Crippen LogP contribution in [-0.2, 0) is 4.74 Å². The van der Waals surface area contributed by atoms with Gasteiger partial charge in [0.05, 0.1) is 18.0 Å². The molecule has 0 atom stereocenters. The van der Waals surface area contributed by atoms with E-state index in [0.29, 0.717) is 35.8 Å². The van der Waals surface area contributed by atoms with Gasteiger partial charge in [0.2, 0.25) is 0 Å². The molecule has 0 radical (unpaired) electrons. The van der Waals surface area contributed by atoms with Crippen LogP contribution < -0.4 is 5.32 Å². The van der Waals surface area contributed by atoms with Crippen molar-refractivity contribution in [2.45, 2.75) is 0 Å². The third-order valence-electron chi connectivity index (χ3n) is 4.47. The highest BCUT2D eigenvalue weighted by Crippen LogP contribution is 2.25. The summed E-state index contributed by atoms with van der Waals surface area (Å²) in [5.41, 5.74) is 2.99. The van der Waals surface area contributed by atoms with Gasteiger partial charge in [-0.05, 0) is 18.2 Å². The van der Waals surface area contributed by atoms with Crippen molar-refractivity contribution in [1.82, 2.24) is 19.9 Å². The van der Waals surface area contributed by atoms with E-state index in [0.717, 1.165) is 5.56 Å². The number of amides is 1. The molecular formula is C22H19FN4O2. The number of hydrogen-bond acceptors (Lipinski definition) is 4. The summed E-state index contributed by atoms with van der Waals surface area (Å²) in [7, 11) is 1.56. The maximum absolute atomic E-state index is 14.3. The Morgan fingerprint density at radius 1 is 1.07 bits per heavy atom. The fourth-order valence-electron chi connectivity index (χ4n) is 3.05. The maximum atomic E-state index is 14.3. The highest BCUT2D eigenvalue weighted by atomic mass is 19.1. The molecule has 0 aliphatic carbocycles. The molecular weight excluding hydrogens is 371 g/mol. The second-order valence-electron chi connectivity index (χ2n) is 6.42. The van der Waals surface area contributed by atoms with E-state index in [1.165, 1.54) is 10.6 Å². The molecule has 0 fully saturated rings. The van der Waals surface area contributed by atoms with Crippen molar-refractivity contribution in [3.8, 4) is 22.5 Å². The van der Waals surface area contributed by atoms with Crippen LogP contribution in [0.25, 0.3) is 28.2 Å². The number of aromatic nitrogens is 3. The summed E-state index contributed by atoms with van der Waals surface area (Å²) in [4.78, 5) is 17.3. The largest absolute Gasteiger partial charge is 0.383 e. The van der Waals surface area contributed by atoms with Crippen LogP contribution in [0.15, 0.2) is 66.7 Å².